The summed E-state index contributed by atoms with van der Waals surface area (Å²) in [6.07, 6.45) is 0. The van der Waals surface area contributed by atoms with Gasteiger partial charge in [-0.15, -0.1) is 0 Å². The third-order valence-corrected chi connectivity index (χ3v) is 3.68. The summed E-state index contributed by atoms with van der Waals surface area (Å²) >= 11 is 0. The van der Waals surface area contributed by atoms with Crippen molar-refractivity contribution in [2.24, 2.45) is 0 Å². The van der Waals surface area contributed by atoms with Gasteiger partial charge in [0, 0.05) is 19.7 Å². The molecule has 1 amide bonds. The van der Waals surface area contributed by atoms with Gasteiger partial charge in [-0.1, -0.05) is 12.1 Å². The number of likely N-dealkylation sites (N-methyl/N-ethyl adjacent to an activating group) is 1. The smallest absolute Gasteiger partial charge is 0.387 e. The molecule has 0 aliphatic rings. The molecular formula is C18H18F2N2O6. The fraction of sp³-hybridized carbons (Fsp3) is 0.278. The molecule has 0 aliphatic carbocycles. The predicted octanol–water partition coefficient (Wildman–Crippen LogP) is 3.24. The second-order valence-corrected chi connectivity index (χ2v) is 5.66. The minimum Gasteiger partial charge on any atom is -0.493 e. The average molecular weight is 396 g/mol. The minimum atomic E-state index is -2.98. The van der Waals surface area contributed by atoms with Crippen molar-refractivity contribution in [3.63, 3.8) is 0 Å². The zero-order chi connectivity index (χ0) is 20.7. The van der Waals surface area contributed by atoms with E-state index in [9.17, 15) is 23.7 Å². The van der Waals surface area contributed by atoms with Gasteiger partial charge in [-0.25, -0.2) is 0 Å². The van der Waals surface area contributed by atoms with E-state index in [1.165, 1.54) is 61.5 Å². The van der Waals surface area contributed by atoms with Gasteiger partial charge in [0.1, 0.15) is 5.75 Å². The van der Waals surface area contributed by atoms with Crippen LogP contribution in [0.3, 0.4) is 0 Å². The van der Waals surface area contributed by atoms with Crippen LogP contribution < -0.4 is 14.2 Å². The number of nitro groups is 1. The summed E-state index contributed by atoms with van der Waals surface area (Å²) < 4.78 is 39.4. The Morgan fingerprint density at radius 2 is 1.96 bits per heavy atom. The Balaban J connectivity index is 1.96. The van der Waals surface area contributed by atoms with Gasteiger partial charge in [-0.05, 0) is 23.8 Å². The van der Waals surface area contributed by atoms with Crippen LogP contribution in [0.25, 0.3) is 0 Å². The Labute approximate surface area is 159 Å². The molecule has 0 atom stereocenters. The molecule has 0 heterocycles. The molecule has 0 aromatic heterocycles. The second-order valence-electron chi connectivity index (χ2n) is 5.66. The lowest BCUT2D eigenvalue weighted by molar-refractivity contribution is -0.384. The van der Waals surface area contributed by atoms with Gasteiger partial charge < -0.3 is 19.1 Å². The SMILES string of the molecule is COc1cc(CN(C)C(=O)COc2cccc([N+](=O)[O-])c2)ccc1OC(F)F. The molecule has 0 saturated heterocycles. The van der Waals surface area contributed by atoms with Crippen LogP contribution in [0.2, 0.25) is 0 Å². The zero-order valence-corrected chi connectivity index (χ0v) is 15.1. The quantitative estimate of drug-likeness (QED) is 0.477. The van der Waals surface area contributed by atoms with Gasteiger partial charge in [0.25, 0.3) is 11.6 Å². The molecule has 28 heavy (non-hydrogen) atoms. The van der Waals surface area contributed by atoms with Crippen LogP contribution in [0.15, 0.2) is 42.5 Å². The van der Waals surface area contributed by atoms with E-state index in [1.807, 2.05) is 0 Å². The number of ether oxygens (including phenoxy) is 3. The minimum absolute atomic E-state index is 0.107. The van der Waals surface area contributed by atoms with Crippen molar-refractivity contribution in [3.05, 3.63) is 58.1 Å². The van der Waals surface area contributed by atoms with Crippen molar-refractivity contribution in [2.45, 2.75) is 13.2 Å². The lowest BCUT2D eigenvalue weighted by Gasteiger charge is -2.18. The number of amides is 1. The number of alkyl halides is 2. The third-order valence-electron chi connectivity index (χ3n) is 3.68. The van der Waals surface area contributed by atoms with Crippen LogP contribution in [-0.2, 0) is 11.3 Å². The summed E-state index contributed by atoms with van der Waals surface area (Å²) in [7, 11) is 2.86. The Bertz CT molecular complexity index is 847. The Kier molecular flexibility index (Phi) is 7.08. The van der Waals surface area contributed by atoms with Crippen molar-refractivity contribution in [3.8, 4) is 17.2 Å². The molecule has 0 radical (unpaired) electrons. The van der Waals surface area contributed by atoms with E-state index in [0.717, 1.165) is 0 Å². The first-order valence-corrected chi connectivity index (χ1v) is 8.03. The number of nitro benzene ring substituents is 1. The van der Waals surface area contributed by atoms with Gasteiger partial charge in [0.15, 0.2) is 18.1 Å². The Morgan fingerprint density at radius 3 is 2.61 bits per heavy atom. The van der Waals surface area contributed by atoms with Gasteiger partial charge in [0.05, 0.1) is 18.1 Å². The molecule has 0 saturated carbocycles. The van der Waals surface area contributed by atoms with E-state index in [-0.39, 0.29) is 42.0 Å². The van der Waals surface area contributed by atoms with Crippen LogP contribution in [0.4, 0.5) is 14.5 Å². The molecule has 0 unspecified atom stereocenters. The van der Waals surface area contributed by atoms with Gasteiger partial charge in [0.2, 0.25) is 0 Å². The van der Waals surface area contributed by atoms with E-state index in [4.69, 9.17) is 9.47 Å². The monoisotopic (exact) mass is 396 g/mol. The number of carbonyl (C=O) groups excluding carboxylic acids is 1. The van der Waals surface area contributed by atoms with Crippen molar-refractivity contribution < 1.29 is 32.7 Å². The van der Waals surface area contributed by atoms with Crippen molar-refractivity contribution in [1.82, 2.24) is 4.90 Å². The molecule has 0 aliphatic heterocycles. The molecule has 2 aromatic carbocycles. The normalized spacial score (nSPS) is 10.5. The van der Waals surface area contributed by atoms with Crippen molar-refractivity contribution >= 4 is 11.6 Å². The van der Waals surface area contributed by atoms with Crippen LogP contribution in [0, 0.1) is 10.1 Å². The number of halogens is 2. The fourth-order valence-electron chi connectivity index (χ4n) is 2.31. The van der Waals surface area contributed by atoms with Crippen LogP contribution in [0.5, 0.6) is 17.2 Å². The molecule has 150 valence electrons. The first kappa shape index (κ1) is 20.9. The molecule has 10 heteroatoms. The maximum Gasteiger partial charge on any atom is 0.387 e. The molecule has 0 N–H and O–H groups in total. The summed E-state index contributed by atoms with van der Waals surface area (Å²) in [6, 6.07) is 9.85. The summed E-state index contributed by atoms with van der Waals surface area (Å²) in [5.41, 5.74) is 0.487. The number of carbonyl (C=O) groups is 1. The lowest BCUT2D eigenvalue weighted by Crippen LogP contribution is -2.31. The number of methoxy groups -OCH3 is 1. The maximum absolute atomic E-state index is 12.4. The van der Waals surface area contributed by atoms with Gasteiger partial charge in [-0.2, -0.15) is 8.78 Å². The first-order valence-electron chi connectivity index (χ1n) is 8.03. The standard InChI is InChI=1S/C18H18F2N2O6/c1-21(10-12-6-7-15(28-18(19)20)16(8-12)26-2)17(23)11-27-14-5-3-4-13(9-14)22(24)25/h3-9,18H,10-11H2,1-2H3. The molecular weight excluding hydrogens is 378 g/mol. The fourth-order valence-corrected chi connectivity index (χ4v) is 2.31. The Hall–Kier alpha value is -3.43. The maximum atomic E-state index is 12.4. The Morgan fingerprint density at radius 1 is 1.21 bits per heavy atom. The highest BCUT2D eigenvalue weighted by Crippen LogP contribution is 2.29. The molecule has 0 spiro atoms. The van der Waals surface area contributed by atoms with Crippen molar-refractivity contribution in [2.75, 3.05) is 20.8 Å². The highest BCUT2D eigenvalue weighted by Gasteiger charge is 2.15. The van der Waals surface area contributed by atoms with Crippen molar-refractivity contribution in [1.29, 1.82) is 0 Å². The number of non-ortho nitro benzene ring substituents is 1. The number of hydrogen-bond donors (Lipinski definition) is 0. The zero-order valence-electron chi connectivity index (χ0n) is 15.1. The summed E-state index contributed by atoms with van der Waals surface area (Å²) in [6.45, 7) is -3.13. The van der Waals surface area contributed by atoms with Crippen LogP contribution in [0.1, 0.15) is 5.56 Å². The van der Waals surface area contributed by atoms with E-state index < -0.39 is 11.5 Å². The topological polar surface area (TPSA) is 91.1 Å². The number of hydrogen-bond acceptors (Lipinski definition) is 6. The number of rotatable bonds is 9. The van der Waals surface area contributed by atoms with Gasteiger partial charge in [-0.3, -0.25) is 14.9 Å². The number of benzene rings is 2. The average Bonchev–Trinajstić information content (AvgIpc) is 2.66. The van der Waals surface area contributed by atoms with Gasteiger partial charge >= 0.3 is 6.61 Å². The molecule has 0 bridgehead atoms. The van der Waals surface area contributed by atoms with E-state index in [2.05, 4.69) is 4.74 Å². The largest absolute Gasteiger partial charge is 0.493 e. The lowest BCUT2D eigenvalue weighted by atomic mass is 10.2. The van der Waals surface area contributed by atoms with Crippen LogP contribution >= 0.6 is 0 Å². The third kappa shape index (κ3) is 5.79. The summed E-state index contributed by atoms with van der Waals surface area (Å²) in [5.74, 6) is -0.166. The molecule has 2 rings (SSSR count). The highest BCUT2D eigenvalue weighted by molar-refractivity contribution is 5.77. The summed E-state index contributed by atoms with van der Waals surface area (Å²) in [5, 5.41) is 10.8. The van der Waals surface area contributed by atoms with E-state index in [0.29, 0.717) is 5.56 Å². The predicted molar refractivity (Wildman–Crippen MR) is 94.7 cm³/mol. The second kappa shape index (κ2) is 9.49. The summed E-state index contributed by atoms with van der Waals surface area (Å²) in [4.78, 5) is 23.8. The van der Waals surface area contributed by atoms with Crippen LogP contribution in [-0.4, -0.2) is 43.1 Å². The van der Waals surface area contributed by atoms with E-state index >= 15 is 0 Å². The molecule has 0 fully saturated rings. The highest BCUT2D eigenvalue weighted by atomic mass is 19.3. The number of nitrogens with zero attached hydrogens (tertiary/aromatic N) is 2. The van der Waals surface area contributed by atoms with E-state index in [1.54, 1.807) is 0 Å². The first-order chi connectivity index (χ1) is 13.3. The molecule has 2 aromatic rings. The molecule has 8 nitrogen and oxygen atoms in total.